The standard InChI is InChI=1S/C19H20N4O4S/c1-14-6-9-23-17(10-14)20-15(11-19(23)25)12-21-13-16(4-5-18(21)24)28(26,27)22-7-2-3-8-22/h4-6,9-11,13H,2-3,7-8,12H2,1H3. The number of sulfonamides is 1. The van der Waals surface area contributed by atoms with Gasteiger partial charge in [0, 0.05) is 37.6 Å². The molecular formula is C19H20N4O4S. The highest BCUT2D eigenvalue weighted by atomic mass is 32.2. The molecule has 0 aliphatic carbocycles. The molecule has 4 rings (SSSR count). The maximum Gasteiger partial charge on any atom is 0.258 e. The van der Waals surface area contributed by atoms with E-state index in [1.165, 1.54) is 37.7 Å². The topological polar surface area (TPSA) is 93.8 Å². The summed E-state index contributed by atoms with van der Waals surface area (Å²) in [6.45, 7) is 2.89. The van der Waals surface area contributed by atoms with Crippen LogP contribution in [0.15, 0.2) is 57.2 Å². The molecule has 0 aromatic carbocycles. The second kappa shape index (κ2) is 6.99. The summed E-state index contributed by atoms with van der Waals surface area (Å²) < 4.78 is 29.6. The van der Waals surface area contributed by atoms with Crippen LogP contribution in [0.4, 0.5) is 0 Å². The monoisotopic (exact) mass is 400 g/mol. The number of rotatable bonds is 4. The number of hydrogen-bond acceptors (Lipinski definition) is 5. The van der Waals surface area contributed by atoms with Crippen molar-refractivity contribution in [2.24, 2.45) is 0 Å². The molecule has 0 radical (unpaired) electrons. The minimum atomic E-state index is -3.63. The van der Waals surface area contributed by atoms with Crippen molar-refractivity contribution in [3.8, 4) is 0 Å². The minimum absolute atomic E-state index is 0.0157. The second-order valence-corrected chi connectivity index (χ2v) is 8.90. The van der Waals surface area contributed by atoms with Crippen LogP contribution in [0.25, 0.3) is 5.65 Å². The molecule has 0 unspecified atom stereocenters. The average molecular weight is 400 g/mol. The van der Waals surface area contributed by atoms with Gasteiger partial charge in [0.25, 0.3) is 11.1 Å². The van der Waals surface area contributed by atoms with Gasteiger partial charge in [-0.3, -0.25) is 14.0 Å². The minimum Gasteiger partial charge on any atom is -0.308 e. The van der Waals surface area contributed by atoms with E-state index in [4.69, 9.17) is 0 Å². The first-order chi connectivity index (χ1) is 13.3. The van der Waals surface area contributed by atoms with Crippen molar-refractivity contribution in [1.29, 1.82) is 0 Å². The molecule has 1 saturated heterocycles. The Kier molecular flexibility index (Phi) is 4.64. The van der Waals surface area contributed by atoms with Gasteiger partial charge in [0.1, 0.15) is 5.65 Å². The molecule has 9 heteroatoms. The van der Waals surface area contributed by atoms with Crippen LogP contribution >= 0.6 is 0 Å². The molecular weight excluding hydrogens is 380 g/mol. The van der Waals surface area contributed by atoms with Crippen LogP contribution in [0.1, 0.15) is 24.1 Å². The van der Waals surface area contributed by atoms with Crippen molar-refractivity contribution in [2.45, 2.75) is 31.2 Å². The van der Waals surface area contributed by atoms with E-state index in [-0.39, 0.29) is 22.6 Å². The molecule has 0 bridgehead atoms. The van der Waals surface area contributed by atoms with Crippen LogP contribution in [0.2, 0.25) is 0 Å². The molecule has 28 heavy (non-hydrogen) atoms. The molecule has 0 N–H and O–H groups in total. The number of hydrogen-bond donors (Lipinski definition) is 0. The fourth-order valence-corrected chi connectivity index (χ4v) is 4.91. The normalized spacial score (nSPS) is 15.3. The number of aromatic nitrogens is 3. The van der Waals surface area contributed by atoms with Crippen LogP contribution in [0.5, 0.6) is 0 Å². The third-order valence-electron chi connectivity index (χ3n) is 4.87. The summed E-state index contributed by atoms with van der Waals surface area (Å²) in [6, 6.07) is 7.52. The van der Waals surface area contributed by atoms with E-state index in [0.29, 0.717) is 24.4 Å². The highest BCUT2D eigenvalue weighted by Gasteiger charge is 2.27. The third kappa shape index (κ3) is 3.38. The zero-order valence-corrected chi connectivity index (χ0v) is 16.2. The van der Waals surface area contributed by atoms with Crippen LogP contribution in [-0.2, 0) is 16.6 Å². The molecule has 3 aromatic heterocycles. The van der Waals surface area contributed by atoms with Gasteiger partial charge in [-0.1, -0.05) is 0 Å². The van der Waals surface area contributed by atoms with E-state index in [9.17, 15) is 18.0 Å². The molecule has 0 atom stereocenters. The first-order valence-corrected chi connectivity index (χ1v) is 10.5. The lowest BCUT2D eigenvalue weighted by atomic mass is 10.3. The third-order valence-corrected chi connectivity index (χ3v) is 6.75. The average Bonchev–Trinajstić information content (AvgIpc) is 3.18. The Labute approximate surface area is 161 Å². The smallest absolute Gasteiger partial charge is 0.258 e. The van der Waals surface area contributed by atoms with E-state index in [2.05, 4.69) is 4.98 Å². The van der Waals surface area contributed by atoms with Crippen molar-refractivity contribution in [2.75, 3.05) is 13.1 Å². The summed E-state index contributed by atoms with van der Waals surface area (Å²) in [6.07, 6.45) is 4.65. The number of aryl methyl sites for hydroxylation is 1. The lowest BCUT2D eigenvalue weighted by Gasteiger charge is -2.16. The Bertz CT molecular complexity index is 1270. The number of pyridine rings is 2. The first kappa shape index (κ1) is 18.6. The van der Waals surface area contributed by atoms with Crippen LogP contribution < -0.4 is 11.1 Å². The fourth-order valence-electron chi connectivity index (χ4n) is 3.37. The van der Waals surface area contributed by atoms with E-state index in [1.54, 1.807) is 12.3 Å². The Morgan fingerprint density at radius 3 is 2.54 bits per heavy atom. The Morgan fingerprint density at radius 2 is 1.79 bits per heavy atom. The molecule has 1 aliphatic heterocycles. The van der Waals surface area contributed by atoms with Gasteiger partial charge in [-0.15, -0.1) is 0 Å². The van der Waals surface area contributed by atoms with Gasteiger partial charge in [0.05, 0.1) is 17.1 Å². The SMILES string of the molecule is Cc1ccn2c(=O)cc(Cn3cc(S(=O)(=O)N4CCCC4)ccc3=O)nc2c1. The molecule has 8 nitrogen and oxygen atoms in total. The van der Waals surface area contributed by atoms with Crippen molar-refractivity contribution in [1.82, 2.24) is 18.3 Å². The van der Waals surface area contributed by atoms with Gasteiger partial charge in [0.2, 0.25) is 10.0 Å². The quantitative estimate of drug-likeness (QED) is 0.651. The Balaban J connectivity index is 1.73. The second-order valence-electron chi connectivity index (χ2n) is 6.96. The summed E-state index contributed by atoms with van der Waals surface area (Å²) in [5.74, 6) is 0. The molecule has 4 heterocycles. The Hall–Kier alpha value is -2.78. The molecule has 0 amide bonds. The predicted molar refractivity (Wildman–Crippen MR) is 104 cm³/mol. The largest absolute Gasteiger partial charge is 0.308 e. The van der Waals surface area contributed by atoms with E-state index < -0.39 is 10.0 Å². The van der Waals surface area contributed by atoms with Crippen molar-refractivity contribution in [3.63, 3.8) is 0 Å². The highest BCUT2D eigenvalue weighted by molar-refractivity contribution is 7.89. The van der Waals surface area contributed by atoms with Gasteiger partial charge >= 0.3 is 0 Å². The zero-order valence-electron chi connectivity index (χ0n) is 15.4. The maximum absolute atomic E-state index is 12.8. The fraction of sp³-hybridized carbons (Fsp3) is 0.316. The zero-order chi connectivity index (χ0) is 19.9. The van der Waals surface area contributed by atoms with Gasteiger partial charge in [-0.05, 0) is 43.5 Å². The van der Waals surface area contributed by atoms with Crippen molar-refractivity contribution in [3.05, 3.63) is 74.7 Å². The predicted octanol–water partition coefficient (Wildman–Crippen LogP) is 0.997. The van der Waals surface area contributed by atoms with Gasteiger partial charge < -0.3 is 4.57 Å². The van der Waals surface area contributed by atoms with Gasteiger partial charge in [-0.2, -0.15) is 4.31 Å². The van der Waals surface area contributed by atoms with E-state index >= 15 is 0 Å². The lowest BCUT2D eigenvalue weighted by molar-refractivity contribution is 0.476. The summed E-state index contributed by atoms with van der Waals surface area (Å²) in [4.78, 5) is 29.1. The molecule has 0 saturated carbocycles. The molecule has 3 aromatic rings. The summed E-state index contributed by atoms with van der Waals surface area (Å²) in [7, 11) is -3.63. The molecule has 1 aliphatic rings. The van der Waals surface area contributed by atoms with Gasteiger partial charge in [0.15, 0.2) is 0 Å². The number of fused-ring (bicyclic) bond motifs is 1. The maximum atomic E-state index is 12.8. The van der Waals surface area contributed by atoms with Crippen LogP contribution in [-0.4, -0.2) is 39.8 Å². The van der Waals surface area contributed by atoms with E-state index in [0.717, 1.165) is 18.4 Å². The van der Waals surface area contributed by atoms with Crippen molar-refractivity contribution < 1.29 is 8.42 Å². The van der Waals surface area contributed by atoms with Crippen LogP contribution in [0, 0.1) is 6.92 Å². The molecule has 0 spiro atoms. The van der Waals surface area contributed by atoms with Crippen molar-refractivity contribution >= 4 is 15.7 Å². The van der Waals surface area contributed by atoms with Crippen LogP contribution in [0.3, 0.4) is 0 Å². The lowest BCUT2D eigenvalue weighted by Crippen LogP contribution is -2.30. The number of nitrogens with zero attached hydrogens (tertiary/aromatic N) is 4. The Morgan fingerprint density at radius 1 is 1.04 bits per heavy atom. The van der Waals surface area contributed by atoms with Gasteiger partial charge in [-0.25, -0.2) is 13.4 Å². The molecule has 146 valence electrons. The summed E-state index contributed by atoms with van der Waals surface area (Å²) in [5.41, 5.74) is 1.23. The van der Waals surface area contributed by atoms with E-state index in [1.807, 2.05) is 13.0 Å². The summed E-state index contributed by atoms with van der Waals surface area (Å²) >= 11 is 0. The molecule has 1 fully saturated rings. The highest BCUT2D eigenvalue weighted by Crippen LogP contribution is 2.19. The summed E-state index contributed by atoms with van der Waals surface area (Å²) in [5, 5.41) is 0. The first-order valence-electron chi connectivity index (χ1n) is 9.04.